The van der Waals surface area contributed by atoms with E-state index in [-0.39, 0.29) is 11.8 Å². The molecule has 1 atom stereocenters. The standard InChI is InChI=1S/C18H16ClF4N5O/c1-8-15(19)9(2)28(26-8)10(3)18(29)25-11-5-24-27(6-11)7-12-13(20)4-14(21)17(23)16(12)22/h4-6,10H,7H2,1-3H3,(H,25,29). The van der Waals surface area contributed by atoms with Crippen molar-refractivity contribution < 1.29 is 22.4 Å². The zero-order valence-electron chi connectivity index (χ0n) is 15.6. The average molecular weight is 430 g/mol. The van der Waals surface area contributed by atoms with Crippen molar-refractivity contribution in [3.63, 3.8) is 0 Å². The van der Waals surface area contributed by atoms with Crippen LogP contribution in [0.25, 0.3) is 0 Å². The topological polar surface area (TPSA) is 64.7 Å². The van der Waals surface area contributed by atoms with E-state index in [2.05, 4.69) is 15.5 Å². The smallest absolute Gasteiger partial charge is 0.249 e. The van der Waals surface area contributed by atoms with E-state index >= 15 is 0 Å². The highest BCUT2D eigenvalue weighted by Gasteiger charge is 2.22. The molecule has 0 radical (unpaired) electrons. The number of hydrogen-bond donors (Lipinski definition) is 1. The van der Waals surface area contributed by atoms with Crippen LogP contribution in [0, 0.1) is 37.1 Å². The Hall–Kier alpha value is -2.88. The molecule has 0 aliphatic carbocycles. The van der Waals surface area contributed by atoms with Crippen LogP contribution < -0.4 is 5.32 Å². The quantitative estimate of drug-likeness (QED) is 0.376. The highest BCUT2D eigenvalue weighted by atomic mass is 35.5. The zero-order chi connectivity index (χ0) is 21.5. The summed E-state index contributed by atoms with van der Waals surface area (Å²) >= 11 is 6.09. The molecule has 0 saturated heterocycles. The minimum atomic E-state index is -1.76. The minimum absolute atomic E-state index is 0.248. The number of halogens is 5. The Kier molecular flexibility index (Phi) is 5.65. The van der Waals surface area contributed by atoms with E-state index in [0.29, 0.717) is 16.4 Å². The van der Waals surface area contributed by atoms with E-state index in [1.54, 1.807) is 20.8 Å². The molecular weight excluding hydrogens is 414 g/mol. The molecule has 0 aliphatic heterocycles. The van der Waals surface area contributed by atoms with E-state index in [1.165, 1.54) is 17.1 Å². The van der Waals surface area contributed by atoms with Crippen LogP contribution in [0.15, 0.2) is 18.5 Å². The number of amides is 1. The molecule has 0 aliphatic rings. The summed E-state index contributed by atoms with van der Waals surface area (Å²) in [7, 11) is 0. The third-order valence-electron chi connectivity index (χ3n) is 4.41. The van der Waals surface area contributed by atoms with Crippen molar-refractivity contribution in [3.8, 4) is 0 Å². The molecule has 11 heteroatoms. The first-order valence-corrected chi connectivity index (χ1v) is 8.84. The number of benzene rings is 1. The van der Waals surface area contributed by atoms with Gasteiger partial charge in [-0.2, -0.15) is 10.2 Å². The number of hydrogen-bond acceptors (Lipinski definition) is 3. The zero-order valence-corrected chi connectivity index (χ0v) is 16.4. The Morgan fingerprint density at radius 1 is 1.21 bits per heavy atom. The van der Waals surface area contributed by atoms with Crippen LogP contribution in [0.2, 0.25) is 5.02 Å². The van der Waals surface area contributed by atoms with Gasteiger partial charge in [0.05, 0.1) is 34.8 Å². The van der Waals surface area contributed by atoms with E-state index in [1.807, 2.05) is 0 Å². The molecule has 2 heterocycles. The predicted octanol–water partition coefficient (Wildman–Crippen LogP) is 4.15. The summed E-state index contributed by atoms with van der Waals surface area (Å²) in [4.78, 5) is 12.5. The summed E-state index contributed by atoms with van der Waals surface area (Å²) in [5, 5.41) is 11.2. The molecule has 0 fully saturated rings. The van der Waals surface area contributed by atoms with Gasteiger partial charge >= 0.3 is 0 Å². The molecule has 3 aromatic rings. The number of carbonyl (C=O) groups is 1. The van der Waals surface area contributed by atoms with Gasteiger partial charge in [0.2, 0.25) is 5.91 Å². The minimum Gasteiger partial charge on any atom is -0.322 e. The molecule has 1 aromatic carbocycles. The molecule has 3 rings (SSSR count). The fourth-order valence-electron chi connectivity index (χ4n) is 2.80. The summed E-state index contributed by atoms with van der Waals surface area (Å²) in [6.45, 7) is 4.58. The lowest BCUT2D eigenvalue weighted by molar-refractivity contribution is -0.119. The van der Waals surface area contributed by atoms with Crippen LogP contribution in [-0.4, -0.2) is 25.5 Å². The van der Waals surface area contributed by atoms with Crippen LogP contribution >= 0.6 is 11.6 Å². The van der Waals surface area contributed by atoms with Gasteiger partial charge in [-0.3, -0.25) is 14.2 Å². The molecule has 1 amide bonds. The maximum Gasteiger partial charge on any atom is 0.249 e. The van der Waals surface area contributed by atoms with Crippen molar-refractivity contribution in [3.05, 3.63) is 63.7 Å². The van der Waals surface area contributed by atoms with Crippen molar-refractivity contribution in [1.82, 2.24) is 19.6 Å². The normalized spacial score (nSPS) is 12.3. The van der Waals surface area contributed by atoms with Crippen LogP contribution in [-0.2, 0) is 11.3 Å². The lowest BCUT2D eigenvalue weighted by Gasteiger charge is -2.13. The van der Waals surface area contributed by atoms with Gasteiger partial charge in [0.1, 0.15) is 11.9 Å². The molecule has 2 aromatic heterocycles. The van der Waals surface area contributed by atoms with Gasteiger partial charge in [0.15, 0.2) is 17.5 Å². The van der Waals surface area contributed by atoms with Gasteiger partial charge in [-0.05, 0) is 20.8 Å². The third-order valence-corrected chi connectivity index (χ3v) is 4.96. The van der Waals surface area contributed by atoms with Gasteiger partial charge in [0.25, 0.3) is 0 Å². The fourth-order valence-corrected chi connectivity index (χ4v) is 2.93. The van der Waals surface area contributed by atoms with Gasteiger partial charge < -0.3 is 5.32 Å². The molecule has 154 valence electrons. The number of rotatable bonds is 5. The molecule has 6 nitrogen and oxygen atoms in total. The molecule has 1 N–H and O–H groups in total. The number of anilines is 1. The van der Waals surface area contributed by atoms with Gasteiger partial charge in [-0.25, -0.2) is 17.6 Å². The van der Waals surface area contributed by atoms with Crippen molar-refractivity contribution in [2.75, 3.05) is 5.32 Å². The van der Waals surface area contributed by atoms with E-state index in [4.69, 9.17) is 11.6 Å². The first-order chi connectivity index (χ1) is 13.6. The maximum atomic E-state index is 13.8. The first-order valence-electron chi connectivity index (χ1n) is 8.46. The summed E-state index contributed by atoms with van der Waals surface area (Å²) in [5.74, 6) is -6.66. The van der Waals surface area contributed by atoms with Crippen LogP contribution in [0.4, 0.5) is 23.2 Å². The second-order valence-electron chi connectivity index (χ2n) is 6.47. The van der Waals surface area contributed by atoms with E-state index in [9.17, 15) is 22.4 Å². The number of nitrogens with zero attached hydrogens (tertiary/aromatic N) is 4. The Labute approximate surface area is 168 Å². The van der Waals surface area contributed by atoms with Gasteiger partial charge in [0, 0.05) is 17.8 Å². The Morgan fingerprint density at radius 3 is 2.52 bits per heavy atom. The van der Waals surface area contributed by atoms with Crippen molar-refractivity contribution in [1.29, 1.82) is 0 Å². The SMILES string of the molecule is Cc1nn(C(C)C(=O)Nc2cnn(Cc3c(F)cc(F)c(F)c3F)c2)c(C)c1Cl. The molecule has 0 spiro atoms. The molecular formula is C18H16ClF4N5O. The van der Waals surface area contributed by atoms with Crippen LogP contribution in [0.1, 0.15) is 29.9 Å². The fraction of sp³-hybridized carbons (Fsp3) is 0.278. The molecule has 0 saturated carbocycles. The van der Waals surface area contributed by atoms with E-state index < -0.39 is 47.3 Å². The third kappa shape index (κ3) is 3.98. The van der Waals surface area contributed by atoms with Gasteiger partial charge in [-0.15, -0.1) is 0 Å². The summed E-state index contributed by atoms with van der Waals surface area (Å²) in [6, 6.07) is -0.424. The van der Waals surface area contributed by atoms with E-state index in [0.717, 1.165) is 4.68 Å². The number of carbonyl (C=O) groups excluding carboxylic acids is 1. The van der Waals surface area contributed by atoms with Crippen LogP contribution in [0.5, 0.6) is 0 Å². The number of aromatic nitrogens is 4. The Balaban J connectivity index is 1.75. The number of aryl methyl sites for hydroxylation is 1. The monoisotopic (exact) mass is 429 g/mol. The molecule has 1 unspecified atom stereocenters. The largest absolute Gasteiger partial charge is 0.322 e. The highest BCUT2D eigenvalue weighted by molar-refractivity contribution is 6.31. The first kappa shape index (κ1) is 20.8. The van der Waals surface area contributed by atoms with Crippen molar-refractivity contribution >= 4 is 23.2 Å². The average Bonchev–Trinajstić information content (AvgIpc) is 3.22. The molecule has 29 heavy (non-hydrogen) atoms. The Morgan fingerprint density at radius 2 is 1.90 bits per heavy atom. The number of nitrogens with one attached hydrogen (secondary N) is 1. The summed E-state index contributed by atoms with van der Waals surface area (Å²) < 4.78 is 56.5. The van der Waals surface area contributed by atoms with Crippen LogP contribution in [0.3, 0.4) is 0 Å². The van der Waals surface area contributed by atoms with Crippen molar-refractivity contribution in [2.24, 2.45) is 0 Å². The second kappa shape index (κ2) is 7.86. The second-order valence-corrected chi connectivity index (χ2v) is 6.85. The highest BCUT2D eigenvalue weighted by Crippen LogP contribution is 2.23. The predicted molar refractivity (Wildman–Crippen MR) is 97.7 cm³/mol. The molecule has 0 bridgehead atoms. The maximum absolute atomic E-state index is 13.8. The summed E-state index contributed by atoms with van der Waals surface area (Å²) in [5.41, 5.74) is 0.785. The lowest BCUT2D eigenvalue weighted by atomic mass is 10.2. The lowest BCUT2D eigenvalue weighted by Crippen LogP contribution is -2.25. The van der Waals surface area contributed by atoms with Crippen molar-refractivity contribution in [2.45, 2.75) is 33.4 Å². The summed E-state index contributed by atoms with van der Waals surface area (Å²) in [6.07, 6.45) is 2.56. The Bertz CT molecular complexity index is 1090. The van der Waals surface area contributed by atoms with Gasteiger partial charge in [-0.1, -0.05) is 11.6 Å².